The van der Waals surface area contributed by atoms with Crippen molar-refractivity contribution in [2.75, 3.05) is 19.8 Å². The standard InChI is InChI=1S/C26H27ClF2N4O6/c27-16-8-19-23(32-26(30-19)39-21-4-3-14-20(35)11-37-22(14)21)31-24(16)38-10-15-17(28)6-12(7-18(15)29)25(36)33-5-1-2-13(33)9-34/h6-8,13-14,20-22,34-35H,1-5,9-11H2,(H,30,31,32)/t13-,14?,20+,21+,22-/m0/s1. The third-order valence-corrected chi connectivity index (χ3v) is 8.02. The molecular weight excluding hydrogens is 538 g/mol. The summed E-state index contributed by atoms with van der Waals surface area (Å²) in [5.41, 5.74) is 0.192. The predicted octanol–water partition coefficient (Wildman–Crippen LogP) is 2.98. The van der Waals surface area contributed by atoms with Gasteiger partial charge in [0, 0.05) is 18.0 Å². The van der Waals surface area contributed by atoms with E-state index in [9.17, 15) is 23.8 Å². The fraction of sp³-hybridized carbons (Fsp3) is 0.500. The molecule has 0 spiro atoms. The molecule has 10 nitrogen and oxygen atoms in total. The number of H-pyrrole nitrogens is 1. The van der Waals surface area contributed by atoms with Crippen molar-refractivity contribution in [1.29, 1.82) is 0 Å². The number of aliphatic hydroxyl groups is 2. The molecule has 208 valence electrons. The lowest BCUT2D eigenvalue weighted by Crippen LogP contribution is -2.37. The van der Waals surface area contributed by atoms with E-state index in [2.05, 4.69) is 15.0 Å². The lowest BCUT2D eigenvalue weighted by molar-refractivity contribution is 0.0135. The van der Waals surface area contributed by atoms with E-state index in [0.717, 1.165) is 25.0 Å². The molecule has 3 fully saturated rings. The summed E-state index contributed by atoms with van der Waals surface area (Å²) in [7, 11) is 0. The molecular formula is C26H27ClF2N4O6. The number of hydrogen-bond acceptors (Lipinski definition) is 8. The number of benzene rings is 1. The molecule has 1 aromatic carbocycles. The number of imidazole rings is 1. The van der Waals surface area contributed by atoms with Gasteiger partial charge in [-0.15, -0.1) is 0 Å². The van der Waals surface area contributed by atoms with E-state index in [1.165, 1.54) is 11.0 Å². The van der Waals surface area contributed by atoms with Crippen molar-refractivity contribution in [2.24, 2.45) is 5.92 Å². The van der Waals surface area contributed by atoms with E-state index in [4.69, 9.17) is 25.8 Å². The van der Waals surface area contributed by atoms with Gasteiger partial charge in [0.1, 0.15) is 29.4 Å². The number of rotatable bonds is 7. The number of nitrogens with one attached hydrogen (secondary N) is 1. The van der Waals surface area contributed by atoms with Crippen LogP contribution < -0.4 is 9.47 Å². The molecule has 3 N–H and O–H groups in total. The van der Waals surface area contributed by atoms with Crippen molar-refractivity contribution in [2.45, 2.75) is 56.6 Å². The number of amides is 1. The van der Waals surface area contributed by atoms with Crippen LogP contribution in [0, 0.1) is 17.6 Å². The second kappa shape index (κ2) is 10.5. The number of ether oxygens (including phenoxy) is 3. The third-order valence-electron chi connectivity index (χ3n) is 7.75. The van der Waals surface area contributed by atoms with Crippen LogP contribution in [0.2, 0.25) is 5.02 Å². The fourth-order valence-electron chi connectivity index (χ4n) is 5.71. The molecule has 2 aromatic heterocycles. The zero-order valence-electron chi connectivity index (χ0n) is 20.8. The lowest BCUT2D eigenvalue weighted by atomic mass is 10.0. The Balaban J connectivity index is 1.15. The summed E-state index contributed by atoms with van der Waals surface area (Å²) in [6.07, 6.45) is 1.91. The number of carbonyl (C=O) groups is 1. The first-order valence-corrected chi connectivity index (χ1v) is 13.2. The minimum absolute atomic E-state index is 0.0394. The van der Waals surface area contributed by atoms with Crippen molar-refractivity contribution in [1.82, 2.24) is 19.9 Å². The number of pyridine rings is 1. The number of likely N-dealkylation sites (tertiary alicyclic amines) is 1. The van der Waals surface area contributed by atoms with Gasteiger partial charge in [-0.3, -0.25) is 4.79 Å². The summed E-state index contributed by atoms with van der Waals surface area (Å²) in [6.45, 7) is -0.0180. The Morgan fingerprint density at radius 3 is 2.77 bits per heavy atom. The molecule has 1 amide bonds. The van der Waals surface area contributed by atoms with Gasteiger partial charge in [0.15, 0.2) is 5.65 Å². The normalized spacial score (nSPS) is 26.4. The highest BCUT2D eigenvalue weighted by Crippen LogP contribution is 2.38. The molecule has 6 rings (SSSR count). The maximum absolute atomic E-state index is 14.9. The molecule has 2 saturated heterocycles. The molecule has 0 radical (unpaired) electrons. The Morgan fingerprint density at radius 1 is 1.21 bits per heavy atom. The lowest BCUT2D eigenvalue weighted by Gasteiger charge is -2.23. The number of aliphatic hydroxyl groups excluding tert-OH is 2. The minimum atomic E-state index is -0.945. The van der Waals surface area contributed by atoms with Crippen molar-refractivity contribution in [3.05, 3.63) is 46.0 Å². The number of halogens is 3. The topological polar surface area (TPSA) is 130 Å². The van der Waals surface area contributed by atoms with Crippen molar-refractivity contribution >= 4 is 28.7 Å². The summed E-state index contributed by atoms with van der Waals surface area (Å²) in [5, 5.41) is 19.6. The first-order valence-electron chi connectivity index (χ1n) is 12.9. The van der Waals surface area contributed by atoms with E-state index < -0.39 is 30.3 Å². The first kappa shape index (κ1) is 26.2. The summed E-state index contributed by atoms with van der Waals surface area (Å²) in [6, 6.07) is 3.30. The molecule has 13 heteroatoms. The molecule has 3 aliphatic rings. The van der Waals surface area contributed by atoms with Gasteiger partial charge in [0.2, 0.25) is 5.88 Å². The second-order valence-corrected chi connectivity index (χ2v) is 10.5. The Kier molecular flexibility index (Phi) is 7.04. The van der Waals surface area contributed by atoms with Crippen LogP contribution >= 0.6 is 11.6 Å². The Hall–Kier alpha value is -3.06. The van der Waals surface area contributed by atoms with Gasteiger partial charge < -0.3 is 34.3 Å². The van der Waals surface area contributed by atoms with Crippen LogP contribution in [0.4, 0.5) is 8.78 Å². The van der Waals surface area contributed by atoms with Crippen LogP contribution in [-0.4, -0.2) is 80.1 Å². The van der Waals surface area contributed by atoms with Gasteiger partial charge in [0.25, 0.3) is 11.9 Å². The van der Waals surface area contributed by atoms with Crippen LogP contribution in [0.15, 0.2) is 18.2 Å². The largest absolute Gasteiger partial charge is 0.471 e. The van der Waals surface area contributed by atoms with E-state index in [0.29, 0.717) is 24.9 Å². The van der Waals surface area contributed by atoms with Crippen LogP contribution in [-0.2, 0) is 11.3 Å². The molecule has 0 bridgehead atoms. The highest BCUT2D eigenvalue weighted by Gasteiger charge is 2.47. The van der Waals surface area contributed by atoms with E-state index >= 15 is 0 Å². The molecule has 4 heterocycles. The summed E-state index contributed by atoms with van der Waals surface area (Å²) in [4.78, 5) is 25.8. The van der Waals surface area contributed by atoms with Gasteiger partial charge in [-0.1, -0.05) is 11.6 Å². The highest BCUT2D eigenvalue weighted by molar-refractivity contribution is 6.32. The maximum atomic E-state index is 14.9. The average molecular weight is 565 g/mol. The average Bonchev–Trinajstić information content (AvgIpc) is 3.69. The summed E-state index contributed by atoms with van der Waals surface area (Å²) in [5.74, 6) is -2.46. The van der Waals surface area contributed by atoms with Crippen LogP contribution in [0.5, 0.6) is 11.9 Å². The monoisotopic (exact) mass is 564 g/mol. The zero-order valence-corrected chi connectivity index (χ0v) is 21.5. The SMILES string of the molecule is O=C(c1cc(F)c(COc2nc3nc(O[C@@H]4CCC5[C@H](O)CO[C@@H]54)[nH]c3cc2Cl)c(F)c1)N1CCC[C@H]1CO. The number of hydrogen-bond donors (Lipinski definition) is 3. The first-order chi connectivity index (χ1) is 18.8. The fourth-order valence-corrected chi connectivity index (χ4v) is 5.91. The minimum Gasteiger partial charge on any atom is -0.471 e. The third kappa shape index (κ3) is 4.90. The van der Waals surface area contributed by atoms with Crippen molar-refractivity contribution < 1.29 is 38.0 Å². The molecule has 2 aliphatic heterocycles. The number of nitrogens with zero attached hydrogens (tertiary/aromatic N) is 3. The molecule has 39 heavy (non-hydrogen) atoms. The second-order valence-electron chi connectivity index (χ2n) is 10.1. The van der Waals surface area contributed by atoms with Gasteiger partial charge in [0.05, 0.1) is 42.5 Å². The van der Waals surface area contributed by atoms with Gasteiger partial charge >= 0.3 is 0 Å². The van der Waals surface area contributed by atoms with Gasteiger partial charge in [-0.05, 0) is 43.9 Å². The van der Waals surface area contributed by atoms with E-state index in [1.807, 2.05) is 0 Å². The van der Waals surface area contributed by atoms with Crippen molar-refractivity contribution in [3.63, 3.8) is 0 Å². The van der Waals surface area contributed by atoms with Crippen LogP contribution in [0.25, 0.3) is 11.2 Å². The molecule has 3 aromatic rings. The maximum Gasteiger partial charge on any atom is 0.296 e. The quantitative estimate of drug-likeness (QED) is 0.399. The van der Waals surface area contributed by atoms with Crippen molar-refractivity contribution in [3.8, 4) is 11.9 Å². The smallest absolute Gasteiger partial charge is 0.296 e. The number of aromatic amines is 1. The van der Waals surface area contributed by atoms with E-state index in [-0.39, 0.29) is 71.1 Å². The number of carbonyl (C=O) groups excluding carboxylic acids is 1. The zero-order chi connectivity index (χ0) is 27.3. The van der Waals surface area contributed by atoms with E-state index in [1.54, 1.807) is 0 Å². The molecule has 1 unspecified atom stereocenters. The molecule has 1 saturated carbocycles. The summed E-state index contributed by atoms with van der Waals surface area (Å²) >= 11 is 6.30. The molecule has 5 atom stereocenters. The molecule has 1 aliphatic carbocycles. The Bertz CT molecular complexity index is 1380. The Labute approximate surface area is 226 Å². The van der Waals surface area contributed by atoms with Gasteiger partial charge in [-0.25, -0.2) is 8.78 Å². The van der Waals surface area contributed by atoms with Gasteiger partial charge in [-0.2, -0.15) is 9.97 Å². The van der Waals surface area contributed by atoms with Crippen LogP contribution in [0.1, 0.15) is 41.6 Å². The number of aromatic nitrogens is 3. The Morgan fingerprint density at radius 2 is 2.00 bits per heavy atom. The number of fused-ring (bicyclic) bond motifs is 2. The highest BCUT2D eigenvalue weighted by atomic mass is 35.5. The van der Waals surface area contributed by atoms with Crippen LogP contribution in [0.3, 0.4) is 0 Å². The predicted molar refractivity (Wildman–Crippen MR) is 134 cm³/mol. The summed E-state index contributed by atoms with van der Waals surface area (Å²) < 4.78 is 46.9.